The minimum absolute atomic E-state index is 0.0948. The first kappa shape index (κ1) is 22.2. The molecule has 1 atom stereocenters. The monoisotopic (exact) mass is 495 g/mol. The summed E-state index contributed by atoms with van der Waals surface area (Å²) in [6.07, 6.45) is -1.07. The number of amides is 1. The van der Waals surface area contributed by atoms with Gasteiger partial charge in [-0.2, -0.15) is 0 Å². The lowest BCUT2D eigenvalue weighted by Crippen LogP contribution is -2.48. The number of sulfonamides is 1. The van der Waals surface area contributed by atoms with Crippen molar-refractivity contribution in [2.24, 2.45) is 7.05 Å². The summed E-state index contributed by atoms with van der Waals surface area (Å²) in [7, 11) is -2.23. The number of nitrogens with one attached hydrogen (secondary N) is 1. The molecule has 8 nitrogen and oxygen atoms in total. The Hall–Kier alpha value is -3.63. The highest BCUT2D eigenvalue weighted by molar-refractivity contribution is 7.92. The van der Waals surface area contributed by atoms with Crippen LogP contribution in [0.4, 0.5) is 11.4 Å². The Morgan fingerprint density at radius 2 is 1.82 bits per heavy atom. The van der Waals surface area contributed by atoms with Crippen molar-refractivity contribution in [3.8, 4) is 5.75 Å². The summed E-state index contributed by atoms with van der Waals surface area (Å²) >= 11 is 1.09. The Balaban J connectivity index is 1.45. The van der Waals surface area contributed by atoms with E-state index in [-0.39, 0.29) is 16.3 Å². The molecule has 0 fully saturated rings. The van der Waals surface area contributed by atoms with E-state index in [0.717, 1.165) is 27.1 Å². The van der Waals surface area contributed by atoms with Crippen LogP contribution in [0.3, 0.4) is 0 Å². The number of anilines is 2. The fourth-order valence-electron chi connectivity index (χ4n) is 3.84. The zero-order valence-corrected chi connectivity index (χ0v) is 20.0. The molecule has 5 rings (SSSR count). The predicted octanol–water partition coefficient (Wildman–Crippen LogP) is 3.50. The van der Waals surface area contributed by atoms with Crippen LogP contribution in [0.15, 0.2) is 76.4 Å². The maximum absolute atomic E-state index is 13.5. The second-order valence-electron chi connectivity index (χ2n) is 8.02. The highest BCUT2D eigenvalue weighted by atomic mass is 32.2. The number of nitrogens with zero attached hydrogens (tertiary/aromatic N) is 2. The quantitative estimate of drug-likeness (QED) is 0.467. The molecule has 3 aromatic carbocycles. The Kier molecular flexibility index (Phi) is 5.41. The van der Waals surface area contributed by atoms with Gasteiger partial charge in [0.05, 0.1) is 27.3 Å². The van der Waals surface area contributed by atoms with Crippen molar-refractivity contribution in [2.75, 3.05) is 16.2 Å². The molecule has 0 bridgehead atoms. The van der Waals surface area contributed by atoms with Crippen LogP contribution >= 0.6 is 11.3 Å². The number of carbonyl (C=O) groups is 1. The summed E-state index contributed by atoms with van der Waals surface area (Å²) in [5, 5.41) is 2.79. The average Bonchev–Trinajstić information content (AvgIpc) is 3.11. The first-order chi connectivity index (χ1) is 16.2. The molecule has 0 unspecified atom stereocenters. The second kappa shape index (κ2) is 8.30. The fraction of sp³-hybridized carbons (Fsp3) is 0.167. The summed E-state index contributed by atoms with van der Waals surface area (Å²) in [6.45, 7) is 1.70. The molecule has 1 aliphatic rings. The molecule has 2 heterocycles. The first-order valence-corrected chi connectivity index (χ1v) is 12.8. The molecule has 0 radical (unpaired) electrons. The third kappa shape index (κ3) is 3.84. The number of fused-ring (bicyclic) bond motifs is 2. The lowest BCUT2D eigenvalue weighted by atomic mass is 10.2. The molecule has 174 valence electrons. The van der Waals surface area contributed by atoms with Crippen molar-refractivity contribution in [1.29, 1.82) is 0 Å². The predicted molar refractivity (Wildman–Crippen MR) is 132 cm³/mol. The van der Waals surface area contributed by atoms with Crippen LogP contribution < -0.4 is 19.2 Å². The van der Waals surface area contributed by atoms with Gasteiger partial charge in [0.15, 0.2) is 6.10 Å². The number of benzene rings is 3. The second-order valence-corrected chi connectivity index (χ2v) is 10.9. The van der Waals surface area contributed by atoms with Crippen molar-refractivity contribution in [3.63, 3.8) is 0 Å². The fourth-order valence-corrected chi connectivity index (χ4v) is 6.23. The van der Waals surface area contributed by atoms with Crippen molar-refractivity contribution in [1.82, 2.24) is 4.57 Å². The van der Waals surface area contributed by atoms with E-state index < -0.39 is 22.0 Å². The van der Waals surface area contributed by atoms with Gasteiger partial charge in [0, 0.05) is 12.7 Å². The van der Waals surface area contributed by atoms with Gasteiger partial charge >= 0.3 is 4.87 Å². The van der Waals surface area contributed by atoms with E-state index in [1.54, 1.807) is 78.3 Å². The molecule has 0 spiro atoms. The van der Waals surface area contributed by atoms with Gasteiger partial charge in [-0.15, -0.1) is 0 Å². The number of thiazole rings is 1. The number of aryl methyl sites for hydroxylation is 2. The molecule has 4 aromatic rings. The van der Waals surface area contributed by atoms with E-state index >= 15 is 0 Å². The number of hydrogen-bond acceptors (Lipinski definition) is 6. The van der Waals surface area contributed by atoms with Gasteiger partial charge in [-0.05, 0) is 49.4 Å². The summed E-state index contributed by atoms with van der Waals surface area (Å²) in [6, 6.07) is 18.5. The van der Waals surface area contributed by atoms with Crippen LogP contribution in [0.5, 0.6) is 5.75 Å². The normalized spacial score (nSPS) is 15.6. The third-order valence-corrected chi connectivity index (χ3v) is 8.49. The molecule has 1 N–H and O–H groups in total. The van der Waals surface area contributed by atoms with Gasteiger partial charge in [-0.3, -0.25) is 13.9 Å². The van der Waals surface area contributed by atoms with Crippen LogP contribution in [-0.4, -0.2) is 31.5 Å². The standard InChI is InChI=1S/C24H21N3O5S2/c1-15-7-10-17(11-8-15)34(30,31)27-14-21(32-20-6-4-3-5-18(20)27)23(28)25-16-9-12-19-22(13-16)33-24(29)26(19)2/h3-13,21H,14H2,1-2H3,(H,25,28)/t21-/m0/s1. The maximum Gasteiger partial charge on any atom is 0.307 e. The molecule has 0 aliphatic carbocycles. The topological polar surface area (TPSA) is 97.7 Å². The maximum atomic E-state index is 13.5. The van der Waals surface area contributed by atoms with Gasteiger partial charge in [0.25, 0.3) is 15.9 Å². The summed E-state index contributed by atoms with van der Waals surface area (Å²) in [5.41, 5.74) is 2.59. The average molecular weight is 496 g/mol. The Morgan fingerprint density at radius 3 is 2.59 bits per heavy atom. The molecular weight excluding hydrogens is 474 g/mol. The van der Waals surface area contributed by atoms with Crippen LogP contribution in [0.2, 0.25) is 0 Å². The van der Waals surface area contributed by atoms with E-state index in [1.807, 2.05) is 6.92 Å². The lowest BCUT2D eigenvalue weighted by molar-refractivity contribution is -0.122. The largest absolute Gasteiger partial charge is 0.476 e. The molecule has 1 amide bonds. The Morgan fingerprint density at radius 1 is 1.09 bits per heavy atom. The Labute approximate surface area is 200 Å². The number of hydrogen-bond donors (Lipinski definition) is 1. The van der Waals surface area contributed by atoms with Crippen LogP contribution in [0, 0.1) is 6.92 Å². The summed E-state index contributed by atoms with van der Waals surface area (Å²) < 4.78 is 36.3. The molecule has 1 aliphatic heterocycles. The Bertz CT molecular complexity index is 1570. The van der Waals surface area contributed by atoms with Gasteiger partial charge in [0.1, 0.15) is 5.75 Å². The summed E-state index contributed by atoms with van der Waals surface area (Å²) in [4.78, 5) is 25.1. The van der Waals surface area contributed by atoms with E-state index in [4.69, 9.17) is 4.74 Å². The SMILES string of the molecule is Cc1ccc(S(=O)(=O)N2C[C@@H](C(=O)Nc3ccc4c(c3)sc(=O)n4C)Oc3ccccc32)cc1. The number of aromatic nitrogens is 1. The first-order valence-electron chi connectivity index (χ1n) is 10.5. The van der Waals surface area contributed by atoms with E-state index in [9.17, 15) is 18.0 Å². The van der Waals surface area contributed by atoms with E-state index in [2.05, 4.69) is 5.32 Å². The smallest absolute Gasteiger partial charge is 0.307 e. The zero-order valence-electron chi connectivity index (χ0n) is 18.4. The number of carbonyl (C=O) groups excluding carboxylic acids is 1. The van der Waals surface area contributed by atoms with Gasteiger partial charge in [0.2, 0.25) is 0 Å². The molecule has 34 heavy (non-hydrogen) atoms. The van der Waals surface area contributed by atoms with Crippen molar-refractivity contribution in [3.05, 3.63) is 82.0 Å². The number of para-hydroxylation sites is 2. The van der Waals surface area contributed by atoms with Crippen LogP contribution in [-0.2, 0) is 21.9 Å². The van der Waals surface area contributed by atoms with Crippen LogP contribution in [0.1, 0.15) is 5.56 Å². The van der Waals surface area contributed by atoms with Gasteiger partial charge in [-0.1, -0.05) is 41.2 Å². The molecular formula is C24H21N3O5S2. The van der Waals surface area contributed by atoms with Gasteiger partial charge < -0.3 is 14.6 Å². The minimum Gasteiger partial charge on any atom is -0.476 e. The number of rotatable bonds is 4. The van der Waals surface area contributed by atoms with E-state index in [0.29, 0.717) is 17.1 Å². The van der Waals surface area contributed by atoms with Crippen molar-refractivity contribution in [2.45, 2.75) is 17.9 Å². The molecule has 0 saturated heterocycles. The highest BCUT2D eigenvalue weighted by Crippen LogP contribution is 2.37. The van der Waals surface area contributed by atoms with Crippen LogP contribution in [0.25, 0.3) is 10.2 Å². The molecule has 1 aromatic heterocycles. The van der Waals surface area contributed by atoms with Crippen molar-refractivity contribution < 1.29 is 17.9 Å². The molecule has 10 heteroatoms. The van der Waals surface area contributed by atoms with Gasteiger partial charge in [-0.25, -0.2) is 8.42 Å². The minimum atomic E-state index is -3.92. The highest BCUT2D eigenvalue weighted by Gasteiger charge is 2.37. The summed E-state index contributed by atoms with van der Waals surface area (Å²) in [5.74, 6) is -0.178. The van der Waals surface area contributed by atoms with E-state index in [1.165, 1.54) is 4.31 Å². The zero-order chi connectivity index (χ0) is 24.0. The van der Waals surface area contributed by atoms with Crippen molar-refractivity contribution >= 4 is 48.9 Å². The molecule has 0 saturated carbocycles. The lowest BCUT2D eigenvalue weighted by Gasteiger charge is -2.34. The third-order valence-electron chi connectivity index (χ3n) is 5.70. The number of ether oxygens (including phenoxy) is 1.